The van der Waals surface area contributed by atoms with E-state index < -0.39 is 0 Å². The third-order valence-electron chi connectivity index (χ3n) is 4.50. The third kappa shape index (κ3) is 3.29. The maximum absolute atomic E-state index is 12.6. The molecule has 3 nitrogen and oxygen atoms in total. The van der Waals surface area contributed by atoms with Gasteiger partial charge >= 0.3 is 0 Å². The summed E-state index contributed by atoms with van der Waals surface area (Å²) >= 11 is 0. The lowest BCUT2D eigenvalue weighted by Crippen LogP contribution is -2.39. The molecule has 3 unspecified atom stereocenters. The summed E-state index contributed by atoms with van der Waals surface area (Å²) < 4.78 is 0. The molecule has 0 radical (unpaired) electrons. The van der Waals surface area contributed by atoms with Crippen LogP contribution in [0, 0.1) is 0 Å². The zero-order chi connectivity index (χ0) is 15.4. The summed E-state index contributed by atoms with van der Waals surface area (Å²) in [5.41, 5.74) is 2.53. The lowest BCUT2D eigenvalue weighted by Gasteiger charge is -2.32. The molecule has 1 aromatic rings. The minimum Gasteiger partial charge on any atom is -0.319 e. The van der Waals surface area contributed by atoms with Crippen LogP contribution in [0.25, 0.3) is 0 Å². The Morgan fingerprint density at radius 1 is 1.19 bits per heavy atom. The molecule has 3 heteroatoms. The van der Waals surface area contributed by atoms with Crippen LogP contribution in [0.5, 0.6) is 0 Å². The highest BCUT2D eigenvalue weighted by Crippen LogP contribution is 2.30. The second kappa shape index (κ2) is 7.08. The van der Waals surface area contributed by atoms with Crippen LogP contribution in [0.1, 0.15) is 64.3 Å². The largest absolute Gasteiger partial charge is 0.319 e. The van der Waals surface area contributed by atoms with Gasteiger partial charge in [0.2, 0.25) is 5.91 Å². The van der Waals surface area contributed by atoms with E-state index in [9.17, 15) is 4.79 Å². The molecule has 1 aliphatic heterocycles. The predicted molar refractivity (Wildman–Crippen MR) is 87.0 cm³/mol. The average Bonchev–Trinajstić information content (AvgIpc) is 2.81. The summed E-state index contributed by atoms with van der Waals surface area (Å²) in [4.78, 5) is 14.6. The van der Waals surface area contributed by atoms with Crippen molar-refractivity contribution in [2.24, 2.45) is 0 Å². The second-order valence-corrected chi connectivity index (χ2v) is 5.98. The summed E-state index contributed by atoms with van der Waals surface area (Å²) in [5.74, 6) is 0.236. The average molecular weight is 288 g/mol. The van der Waals surface area contributed by atoms with Crippen LogP contribution in [0.4, 0.5) is 0 Å². The van der Waals surface area contributed by atoms with Crippen molar-refractivity contribution in [3.8, 4) is 0 Å². The van der Waals surface area contributed by atoms with Gasteiger partial charge in [-0.05, 0) is 37.3 Å². The van der Waals surface area contributed by atoms with E-state index in [1.165, 1.54) is 11.1 Å². The van der Waals surface area contributed by atoms with Crippen molar-refractivity contribution in [3.63, 3.8) is 0 Å². The van der Waals surface area contributed by atoms with Crippen molar-refractivity contribution < 1.29 is 4.79 Å². The van der Waals surface area contributed by atoms with Crippen molar-refractivity contribution in [2.75, 3.05) is 0 Å². The van der Waals surface area contributed by atoms with E-state index in [4.69, 9.17) is 0 Å². The maximum Gasteiger partial charge on any atom is 0.241 e. The smallest absolute Gasteiger partial charge is 0.241 e. The van der Waals surface area contributed by atoms with Crippen LogP contribution >= 0.6 is 0 Å². The first kappa shape index (κ1) is 16.0. The van der Waals surface area contributed by atoms with Crippen LogP contribution in [-0.4, -0.2) is 22.9 Å². The standard InChI is InChI=1S/C18H28N2O/c1-5-8-16(7-3)20-17(19-13(4)18(20)21)15-11-9-14(6-2)10-12-15/h9-13,16-17,19H,5-8H2,1-4H3. The molecule has 1 N–H and O–H groups in total. The van der Waals surface area contributed by atoms with E-state index in [-0.39, 0.29) is 18.1 Å². The number of carbonyl (C=O) groups is 1. The fourth-order valence-corrected chi connectivity index (χ4v) is 3.20. The number of amides is 1. The summed E-state index contributed by atoms with van der Waals surface area (Å²) in [6.07, 6.45) is 4.26. The van der Waals surface area contributed by atoms with Gasteiger partial charge in [0.1, 0.15) is 6.17 Å². The monoisotopic (exact) mass is 288 g/mol. The number of nitrogens with zero attached hydrogens (tertiary/aromatic N) is 1. The number of rotatable bonds is 6. The van der Waals surface area contributed by atoms with Crippen molar-refractivity contribution in [2.45, 2.75) is 71.6 Å². The fraction of sp³-hybridized carbons (Fsp3) is 0.611. The van der Waals surface area contributed by atoms with E-state index in [0.717, 1.165) is 25.7 Å². The molecule has 0 saturated carbocycles. The van der Waals surface area contributed by atoms with Crippen LogP contribution in [0.15, 0.2) is 24.3 Å². The zero-order valence-corrected chi connectivity index (χ0v) is 13.7. The van der Waals surface area contributed by atoms with Crippen LogP contribution in [0.3, 0.4) is 0 Å². The number of aryl methyl sites for hydroxylation is 1. The highest BCUT2D eigenvalue weighted by atomic mass is 16.2. The molecule has 1 fully saturated rings. The van der Waals surface area contributed by atoms with E-state index in [1.807, 2.05) is 6.92 Å². The Balaban J connectivity index is 2.27. The first-order valence-electron chi connectivity index (χ1n) is 8.29. The first-order valence-corrected chi connectivity index (χ1v) is 8.29. The van der Waals surface area contributed by atoms with Crippen molar-refractivity contribution in [3.05, 3.63) is 35.4 Å². The topological polar surface area (TPSA) is 32.3 Å². The Kier molecular flexibility index (Phi) is 5.40. The van der Waals surface area contributed by atoms with Gasteiger partial charge in [0, 0.05) is 6.04 Å². The lowest BCUT2D eigenvalue weighted by molar-refractivity contribution is -0.132. The van der Waals surface area contributed by atoms with Gasteiger partial charge in [0.15, 0.2) is 0 Å². The van der Waals surface area contributed by atoms with Gasteiger partial charge in [0.25, 0.3) is 0 Å². The minimum atomic E-state index is -0.0910. The predicted octanol–water partition coefficient (Wildman–Crippen LogP) is 3.65. The number of carbonyl (C=O) groups excluding carboxylic acids is 1. The highest BCUT2D eigenvalue weighted by molar-refractivity contribution is 5.84. The normalized spacial score (nSPS) is 23.6. The summed E-state index contributed by atoms with van der Waals surface area (Å²) in [6, 6.07) is 8.90. The molecule has 21 heavy (non-hydrogen) atoms. The van der Waals surface area contributed by atoms with Crippen LogP contribution < -0.4 is 5.32 Å². The summed E-state index contributed by atoms with van der Waals surface area (Å²) in [6.45, 7) is 8.49. The Morgan fingerprint density at radius 3 is 2.38 bits per heavy atom. The van der Waals surface area contributed by atoms with E-state index in [0.29, 0.717) is 6.04 Å². The van der Waals surface area contributed by atoms with Gasteiger partial charge in [-0.3, -0.25) is 10.1 Å². The molecule has 2 rings (SSSR count). The van der Waals surface area contributed by atoms with Gasteiger partial charge in [-0.1, -0.05) is 51.5 Å². The molecule has 3 atom stereocenters. The van der Waals surface area contributed by atoms with Crippen molar-refractivity contribution in [1.82, 2.24) is 10.2 Å². The first-order chi connectivity index (χ1) is 10.1. The van der Waals surface area contributed by atoms with Gasteiger partial charge in [-0.2, -0.15) is 0 Å². The molecular formula is C18H28N2O. The molecule has 116 valence electrons. The van der Waals surface area contributed by atoms with E-state index in [2.05, 4.69) is 55.3 Å². The van der Waals surface area contributed by atoms with Crippen molar-refractivity contribution in [1.29, 1.82) is 0 Å². The second-order valence-electron chi connectivity index (χ2n) is 5.98. The summed E-state index contributed by atoms with van der Waals surface area (Å²) in [7, 11) is 0. The molecule has 1 saturated heterocycles. The molecule has 1 aromatic carbocycles. The van der Waals surface area contributed by atoms with E-state index >= 15 is 0 Å². The van der Waals surface area contributed by atoms with Crippen LogP contribution in [0.2, 0.25) is 0 Å². The SMILES string of the molecule is CCCC(CC)N1C(=O)C(C)NC1c1ccc(CC)cc1. The molecule has 1 amide bonds. The molecule has 1 aliphatic rings. The number of hydrogen-bond acceptors (Lipinski definition) is 2. The Morgan fingerprint density at radius 2 is 1.86 bits per heavy atom. The van der Waals surface area contributed by atoms with Crippen molar-refractivity contribution >= 4 is 5.91 Å². The van der Waals surface area contributed by atoms with Crippen LogP contribution in [-0.2, 0) is 11.2 Å². The van der Waals surface area contributed by atoms with E-state index in [1.54, 1.807) is 0 Å². The van der Waals surface area contributed by atoms with Gasteiger partial charge in [0.05, 0.1) is 6.04 Å². The molecule has 0 aliphatic carbocycles. The maximum atomic E-state index is 12.6. The Labute approximate surface area is 128 Å². The molecule has 0 aromatic heterocycles. The summed E-state index contributed by atoms with van der Waals surface area (Å²) in [5, 5.41) is 3.46. The molecule has 1 heterocycles. The quantitative estimate of drug-likeness (QED) is 0.866. The Bertz CT molecular complexity index is 469. The lowest BCUT2D eigenvalue weighted by atomic mass is 10.0. The molecular weight excluding hydrogens is 260 g/mol. The third-order valence-corrected chi connectivity index (χ3v) is 4.50. The fourth-order valence-electron chi connectivity index (χ4n) is 3.20. The number of benzene rings is 1. The molecule has 0 spiro atoms. The minimum absolute atomic E-state index is 0.0231. The van der Waals surface area contributed by atoms with Gasteiger partial charge in [-0.15, -0.1) is 0 Å². The number of hydrogen-bond donors (Lipinski definition) is 1. The van der Waals surface area contributed by atoms with Gasteiger partial charge in [-0.25, -0.2) is 0 Å². The Hall–Kier alpha value is -1.35. The number of nitrogens with one attached hydrogen (secondary N) is 1. The zero-order valence-electron chi connectivity index (χ0n) is 13.7. The highest BCUT2D eigenvalue weighted by Gasteiger charge is 2.40. The van der Waals surface area contributed by atoms with Gasteiger partial charge < -0.3 is 4.90 Å². The molecule has 0 bridgehead atoms.